The smallest absolute Gasteiger partial charge is 0.326 e. The number of hydrogen-bond acceptors (Lipinski definition) is 5. The van der Waals surface area contributed by atoms with Crippen molar-refractivity contribution in [3.05, 3.63) is 35.9 Å². The second-order valence-corrected chi connectivity index (χ2v) is 5.87. The zero-order valence-corrected chi connectivity index (χ0v) is 14.6. The molecule has 0 aromatic heterocycles. The van der Waals surface area contributed by atoms with Crippen LogP contribution in [0.4, 0.5) is 4.79 Å². The fraction of sp³-hybridized carbons (Fsp3) is 0.500. The molecule has 1 aliphatic rings. The van der Waals surface area contributed by atoms with Crippen molar-refractivity contribution >= 4 is 17.9 Å². The largest absolute Gasteiger partial charge is 0.464 e. The van der Waals surface area contributed by atoms with Gasteiger partial charge in [0.05, 0.1) is 6.61 Å². The number of methoxy groups -OCH3 is 1. The summed E-state index contributed by atoms with van der Waals surface area (Å²) in [5.74, 6) is -1.02. The molecular formula is C18H24N2O5. The Bertz CT molecular complexity index is 619. The fourth-order valence-electron chi connectivity index (χ4n) is 2.84. The molecule has 1 atom stereocenters. The number of rotatable bonds is 9. The summed E-state index contributed by atoms with van der Waals surface area (Å²) in [5, 5.41) is 2.74. The molecule has 1 aliphatic heterocycles. The monoisotopic (exact) mass is 348 g/mol. The Balaban J connectivity index is 2.00. The molecule has 0 saturated carbocycles. The lowest BCUT2D eigenvalue weighted by Gasteiger charge is -2.25. The minimum absolute atomic E-state index is 0.240. The lowest BCUT2D eigenvalue weighted by atomic mass is 9.87. The van der Waals surface area contributed by atoms with E-state index in [4.69, 9.17) is 9.47 Å². The number of carbonyl (C=O) groups is 3. The zero-order valence-electron chi connectivity index (χ0n) is 14.6. The van der Waals surface area contributed by atoms with Crippen LogP contribution in [0.25, 0.3) is 0 Å². The van der Waals surface area contributed by atoms with E-state index >= 15 is 0 Å². The average Bonchev–Trinajstić information content (AvgIpc) is 2.87. The van der Waals surface area contributed by atoms with Crippen LogP contribution in [0.2, 0.25) is 0 Å². The lowest BCUT2D eigenvalue weighted by Crippen LogP contribution is -2.44. The standard InChI is InChI=1S/C18H24N2O5/c1-3-18(14-9-5-4-6-10-14)16(22)20(17(23)19-18)13-15(21)25-12-8-7-11-24-2/h4-6,9-10H,3,7-8,11-13H2,1-2H3,(H,19,23)/t18-/m0/s1. The van der Waals surface area contributed by atoms with Crippen molar-refractivity contribution in [1.82, 2.24) is 10.2 Å². The molecule has 1 saturated heterocycles. The van der Waals surface area contributed by atoms with Gasteiger partial charge in [-0.3, -0.25) is 14.5 Å². The second kappa shape index (κ2) is 8.62. The summed E-state index contributed by atoms with van der Waals surface area (Å²) >= 11 is 0. The van der Waals surface area contributed by atoms with E-state index in [0.29, 0.717) is 25.0 Å². The van der Waals surface area contributed by atoms with Crippen molar-refractivity contribution in [2.75, 3.05) is 26.9 Å². The number of urea groups is 1. The molecule has 0 unspecified atom stereocenters. The van der Waals surface area contributed by atoms with E-state index in [1.54, 1.807) is 19.2 Å². The summed E-state index contributed by atoms with van der Waals surface area (Å²) in [6.45, 7) is 2.27. The van der Waals surface area contributed by atoms with Crippen molar-refractivity contribution in [2.24, 2.45) is 0 Å². The van der Waals surface area contributed by atoms with Gasteiger partial charge in [0.25, 0.3) is 5.91 Å². The maximum atomic E-state index is 12.8. The summed E-state index contributed by atoms with van der Waals surface area (Å²) in [6, 6.07) is 8.46. The molecule has 1 N–H and O–H groups in total. The molecule has 1 aromatic carbocycles. The predicted molar refractivity (Wildman–Crippen MR) is 90.7 cm³/mol. The van der Waals surface area contributed by atoms with Gasteiger partial charge in [-0.25, -0.2) is 4.79 Å². The fourth-order valence-corrected chi connectivity index (χ4v) is 2.84. The Morgan fingerprint density at radius 1 is 1.16 bits per heavy atom. The van der Waals surface area contributed by atoms with Crippen LogP contribution in [0.3, 0.4) is 0 Å². The number of benzene rings is 1. The predicted octanol–water partition coefficient (Wildman–Crippen LogP) is 1.81. The molecule has 1 fully saturated rings. The van der Waals surface area contributed by atoms with E-state index in [0.717, 1.165) is 11.3 Å². The van der Waals surface area contributed by atoms with Gasteiger partial charge in [0.2, 0.25) is 0 Å². The van der Waals surface area contributed by atoms with Crippen LogP contribution in [0.5, 0.6) is 0 Å². The van der Waals surface area contributed by atoms with Gasteiger partial charge in [-0.1, -0.05) is 37.3 Å². The van der Waals surface area contributed by atoms with Crippen LogP contribution in [-0.2, 0) is 24.6 Å². The minimum atomic E-state index is -1.13. The molecule has 0 spiro atoms. The number of nitrogens with zero attached hydrogens (tertiary/aromatic N) is 1. The summed E-state index contributed by atoms with van der Waals surface area (Å²) < 4.78 is 10.0. The van der Waals surface area contributed by atoms with Crippen molar-refractivity contribution in [2.45, 2.75) is 31.7 Å². The van der Waals surface area contributed by atoms with Crippen LogP contribution in [0, 0.1) is 0 Å². The first-order valence-corrected chi connectivity index (χ1v) is 8.39. The Kier molecular flexibility index (Phi) is 6.52. The molecule has 0 radical (unpaired) electrons. The highest BCUT2D eigenvalue weighted by molar-refractivity contribution is 6.09. The minimum Gasteiger partial charge on any atom is -0.464 e. The SMILES string of the molecule is CC[C@@]1(c2ccccc2)NC(=O)N(CC(=O)OCCCCOC)C1=O. The number of unbranched alkanes of at least 4 members (excludes halogenated alkanes) is 1. The van der Waals surface area contributed by atoms with E-state index < -0.39 is 23.4 Å². The molecule has 0 aliphatic carbocycles. The first-order valence-electron chi connectivity index (χ1n) is 8.39. The Hall–Kier alpha value is -2.41. The molecule has 136 valence electrons. The molecular weight excluding hydrogens is 324 g/mol. The number of ether oxygens (including phenoxy) is 2. The number of imide groups is 1. The Morgan fingerprint density at radius 2 is 1.84 bits per heavy atom. The quantitative estimate of drug-likeness (QED) is 0.418. The molecule has 25 heavy (non-hydrogen) atoms. The second-order valence-electron chi connectivity index (χ2n) is 5.87. The summed E-state index contributed by atoms with van der Waals surface area (Å²) in [5.41, 5.74) is -0.428. The number of amides is 3. The maximum absolute atomic E-state index is 12.8. The van der Waals surface area contributed by atoms with Gasteiger partial charge < -0.3 is 14.8 Å². The highest BCUT2D eigenvalue weighted by atomic mass is 16.5. The molecule has 0 bridgehead atoms. The van der Waals surface area contributed by atoms with Crippen molar-refractivity contribution in [3.63, 3.8) is 0 Å². The number of carbonyl (C=O) groups excluding carboxylic acids is 3. The van der Waals surface area contributed by atoms with E-state index in [1.165, 1.54) is 0 Å². The van der Waals surface area contributed by atoms with Crippen LogP contribution >= 0.6 is 0 Å². The van der Waals surface area contributed by atoms with E-state index in [1.807, 2.05) is 25.1 Å². The van der Waals surface area contributed by atoms with Gasteiger partial charge in [-0.2, -0.15) is 0 Å². The lowest BCUT2D eigenvalue weighted by molar-refractivity contribution is -0.148. The molecule has 1 heterocycles. The van der Waals surface area contributed by atoms with Crippen LogP contribution in [-0.4, -0.2) is 49.7 Å². The maximum Gasteiger partial charge on any atom is 0.326 e. The molecule has 2 rings (SSSR count). The normalized spacial score (nSPS) is 19.8. The summed E-state index contributed by atoms with van der Waals surface area (Å²) in [6.07, 6.45) is 1.84. The van der Waals surface area contributed by atoms with Gasteiger partial charge >= 0.3 is 12.0 Å². The first-order chi connectivity index (χ1) is 12.0. The van der Waals surface area contributed by atoms with Crippen molar-refractivity contribution in [3.8, 4) is 0 Å². The highest BCUT2D eigenvalue weighted by Crippen LogP contribution is 2.32. The Labute approximate surface area is 147 Å². The number of esters is 1. The average molecular weight is 348 g/mol. The van der Waals surface area contributed by atoms with E-state index in [2.05, 4.69) is 5.32 Å². The third-order valence-corrected chi connectivity index (χ3v) is 4.27. The van der Waals surface area contributed by atoms with Crippen molar-refractivity contribution < 1.29 is 23.9 Å². The number of nitrogens with one attached hydrogen (secondary N) is 1. The molecule has 3 amide bonds. The van der Waals surface area contributed by atoms with Gasteiger partial charge in [0.1, 0.15) is 12.1 Å². The van der Waals surface area contributed by atoms with Crippen molar-refractivity contribution in [1.29, 1.82) is 0 Å². The van der Waals surface area contributed by atoms with Gasteiger partial charge in [-0.05, 0) is 24.8 Å². The molecule has 7 nitrogen and oxygen atoms in total. The van der Waals surface area contributed by atoms with Gasteiger partial charge in [0.15, 0.2) is 0 Å². The van der Waals surface area contributed by atoms with Crippen LogP contribution in [0.15, 0.2) is 30.3 Å². The first kappa shape index (κ1) is 18.9. The zero-order chi connectivity index (χ0) is 18.3. The topological polar surface area (TPSA) is 84.9 Å². The summed E-state index contributed by atoms with van der Waals surface area (Å²) in [7, 11) is 1.61. The third kappa shape index (κ3) is 4.17. The molecule has 1 aromatic rings. The Morgan fingerprint density at radius 3 is 2.48 bits per heavy atom. The third-order valence-electron chi connectivity index (χ3n) is 4.27. The summed E-state index contributed by atoms with van der Waals surface area (Å²) in [4.78, 5) is 37.9. The van der Waals surface area contributed by atoms with Gasteiger partial charge in [-0.15, -0.1) is 0 Å². The van der Waals surface area contributed by atoms with E-state index in [-0.39, 0.29) is 13.2 Å². The van der Waals surface area contributed by atoms with Crippen LogP contribution in [0.1, 0.15) is 31.7 Å². The highest BCUT2D eigenvalue weighted by Gasteiger charge is 2.51. The van der Waals surface area contributed by atoms with Crippen LogP contribution < -0.4 is 5.32 Å². The number of hydrogen-bond donors (Lipinski definition) is 1. The van der Waals surface area contributed by atoms with Gasteiger partial charge in [0, 0.05) is 13.7 Å². The van der Waals surface area contributed by atoms with E-state index in [9.17, 15) is 14.4 Å². The molecule has 7 heteroatoms.